The molecule has 1 aliphatic carbocycles. The number of benzene rings is 2. The van der Waals surface area contributed by atoms with Crippen molar-refractivity contribution >= 4 is 29.4 Å². The van der Waals surface area contributed by atoms with Crippen LogP contribution in [0.3, 0.4) is 0 Å². The molecule has 2 aromatic carbocycles. The largest absolute Gasteiger partial charge is 0.490 e. The average molecular weight is 519 g/mol. The van der Waals surface area contributed by atoms with Crippen LogP contribution in [0.5, 0.6) is 11.5 Å². The maximum Gasteiger partial charge on any atom is 0.306 e. The lowest BCUT2D eigenvalue weighted by molar-refractivity contribution is -0.143. The highest BCUT2D eigenvalue weighted by molar-refractivity contribution is 6.32. The first-order valence-corrected chi connectivity index (χ1v) is 12.2. The van der Waals surface area contributed by atoms with Crippen LogP contribution in [0.1, 0.15) is 46.4 Å². The van der Waals surface area contributed by atoms with E-state index in [1.807, 2.05) is 0 Å². The van der Waals surface area contributed by atoms with E-state index in [4.69, 9.17) is 30.9 Å². The standard InChI is InChI=1S/C26H31ClN2O7/c1-34-14-15-35-23-11-6-19(16-22(23)27)25(31)29-13-12-28-24(30)17-2-7-20(8-3-17)36-21-9-4-18(5-10-21)26(32)33/h2-3,6-8,11,16,18,21H,4-5,9-10,12-15H2,1H3,(H,28,30)(H,29,31)(H,32,33). The first-order chi connectivity index (χ1) is 17.4. The number of carboxylic acid groups (broad SMARTS) is 1. The van der Waals surface area contributed by atoms with Gasteiger partial charge in [0, 0.05) is 31.3 Å². The molecule has 0 atom stereocenters. The number of carbonyl (C=O) groups is 3. The van der Waals surface area contributed by atoms with Crippen molar-refractivity contribution in [3.05, 3.63) is 58.6 Å². The van der Waals surface area contributed by atoms with Crippen molar-refractivity contribution in [3.8, 4) is 11.5 Å². The van der Waals surface area contributed by atoms with Crippen molar-refractivity contribution in [2.45, 2.75) is 31.8 Å². The van der Waals surface area contributed by atoms with Crippen molar-refractivity contribution in [2.75, 3.05) is 33.4 Å². The van der Waals surface area contributed by atoms with Crippen LogP contribution in [0.25, 0.3) is 0 Å². The molecule has 0 heterocycles. The fourth-order valence-electron chi connectivity index (χ4n) is 3.86. The molecule has 2 amide bonds. The summed E-state index contributed by atoms with van der Waals surface area (Å²) in [6.07, 6.45) is 2.60. The molecule has 0 radical (unpaired) electrons. The Morgan fingerprint density at radius 3 is 2.11 bits per heavy atom. The minimum absolute atomic E-state index is 0.0156. The van der Waals surface area contributed by atoms with Gasteiger partial charge in [-0.1, -0.05) is 11.6 Å². The monoisotopic (exact) mass is 518 g/mol. The molecule has 3 N–H and O–H groups in total. The lowest BCUT2D eigenvalue weighted by Gasteiger charge is -2.26. The van der Waals surface area contributed by atoms with E-state index in [1.165, 1.54) is 6.07 Å². The summed E-state index contributed by atoms with van der Waals surface area (Å²) >= 11 is 6.17. The summed E-state index contributed by atoms with van der Waals surface area (Å²) in [7, 11) is 1.58. The molecule has 0 aromatic heterocycles. The first kappa shape index (κ1) is 27.3. The Labute approximate surface area is 215 Å². The van der Waals surface area contributed by atoms with Crippen molar-refractivity contribution < 1.29 is 33.7 Å². The number of hydrogen-bond donors (Lipinski definition) is 3. The van der Waals surface area contributed by atoms with Gasteiger partial charge in [0.1, 0.15) is 18.1 Å². The summed E-state index contributed by atoms with van der Waals surface area (Å²) in [5, 5.41) is 14.9. The number of methoxy groups -OCH3 is 1. The number of carbonyl (C=O) groups excluding carboxylic acids is 2. The van der Waals surface area contributed by atoms with Gasteiger partial charge in [-0.2, -0.15) is 0 Å². The fourth-order valence-corrected chi connectivity index (χ4v) is 4.09. The average Bonchev–Trinajstić information content (AvgIpc) is 2.88. The summed E-state index contributed by atoms with van der Waals surface area (Å²) in [6.45, 7) is 1.28. The van der Waals surface area contributed by atoms with Gasteiger partial charge in [-0.05, 0) is 68.1 Å². The fraction of sp³-hybridized carbons (Fsp3) is 0.423. The van der Waals surface area contributed by atoms with Crippen molar-refractivity contribution in [3.63, 3.8) is 0 Å². The van der Waals surface area contributed by atoms with Crippen LogP contribution in [0, 0.1) is 5.92 Å². The molecule has 9 nitrogen and oxygen atoms in total. The van der Waals surface area contributed by atoms with Crippen molar-refractivity contribution in [1.29, 1.82) is 0 Å². The van der Waals surface area contributed by atoms with E-state index in [2.05, 4.69) is 10.6 Å². The molecule has 0 bridgehead atoms. The normalized spacial score (nSPS) is 17.2. The van der Waals surface area contributed by atoms with Crippen molar-refractivity contribution in [2.24, 2.45) is 5.92 Å². The molecule has 1 aliphatic rings. The number of ether oxygens (including phenoxy) is 3. The first-order valence-electron chi connectivity index (χ1n) is 11.8. The van der Waals surface area contributed by atoms with E-state index in [9.17, 15) is 14.4 Å². The van der Waals surface area contributed by atoms with E-state index in [-0.39, 0.29) is 36.9 Å². The van der Waals surface area contributed by atoms with Gasteiger partial charge in [-0.25, -0.2) is 0 Å². The SMILES string of the molecule is COCCOc1ccc(C(=O)NCCNC(=O)c2ccc(OC3CCC(C(=O)O)CC3)cc2)cc1Cl. The zero-order valence-electron chi connectivity index (χ0n) is 20.1. The number of amides is 2. The smallest absolute Gasteiger partial charge is 0.306 e. The van der Waals surface area contributed by atoms with Crippen LogP contribution < -0.4 is 20.1 Å². The summed E-state index contributed by atoms with van der Waals surface area (Å²) < 4.78 is 16.3. The van der Waals surface area contributed by atoms with Crippen LogP contribution in [0.4, 0.5) is 0 Å². The highest BCUT2D eigenvalue weighted by Gasteiger charge is 2.26. The van der Waals surface area contributed by atoms with Gasteiger partial charge in [0.25, 0.3) is 11.8 Å². The number of rotatable bonds is 12. The predicted octanol–water partition coefficient (Wildman–Crippen LogP) is 3.55. The highest BCUT2D eigenvalue weighted by atomic mass is 35.5. The predicted molar refractivity (Wildman–Crippen MR) is 134 cm³/mol. The Hall–Kier alpha value is -3.30. The van der Waals surface area contributed by atoms with E-state index < -0.39 is 5.97 Å². The number of hydrogen-bond acceptors (Lipinski definition) is 6. The number of aliphatic carboxylic acids is 1. The van der Waals surface area contributed by atoms with Gasteiger partial charge in [0.2, 0.25) is 0 Å². The molecule has 1 fully saturated rings. The molecule has 0 saturated heterocycles. The number of nitrogens with one attached hydrogen (secondary N) is 2. The third-order valence-electron chi connectivity index (χ3n) is 5.88. The Kier molecular flexibility index (Phi) is 10.4. The Morgan fingerprint density at radius 2 is 1.53 bits per heavy atom. The van der Waals surface area contributed by atoms with Gasteiger partial charge in [-0.3, -0.25) is 14.4 Å². The van der Waals surface area contributed by atoms with Crippen LogP contribution in [0.2, 0.25) is 5.02 Å². The third-order valence-corrected chi connectivity index (χ3v) is 6.17. The van der Waals surface area contributed by atoms with E-state index in [0.717, 1.165) is 0 Å². The molecule has 0 unspecified atom stereocenters. The Bertz CT molecular complexity index is 1040. The van der Waals surface area contributed by atoms with Gasteiger partial charge in [-0.15, -0.1) is 0 Å². The minimum atomic E-state index is -0.744. The molecular formula is C26H31ClN2O7. The molecule has 0 aliphatic heterocycles. The van der Waals surface area contributed by atoms with Crippen LogP contribution in [0.15, 0.2) is 42.5 Å². The second-order valence-corrected chi connectivity index (χ2v) is 8.86. The quantitative estimate of drug-likeness (QED) is 0.367. The summed E-state index contributed by atoms with van der Waals surface area (Å²) in [5.74, 6) is -0.492. The summed E-state index contributed by atoms with van der Waals surface area (Å²) in [4.78, 5) is 35.8. The topological polar surface area (TPSA) is 123 Å². The lowest BCUT2D eigenvalue weighted by Crippen LogP contribution is -2.34. The van der Waals surface area contributed by atoms with Gasteiger partial charge in [0.15, 0.2) is 0 Å². The second kappa shape index (κ2) is 13.7. The second-order valence-electron chi connectivity index (χ2n) is 8.45. The van der Waals surface area contributed by atoms with Gasteiger partial charge >= 0.3 is 5.97 Å². The minimum Gasteiger partial charge on any atom is -0.490 e. The molecular weight excluding hydrogens is 488 g/mol. The van der Waals surface area contributed by atoms with E-state index in [0.29, 0.717) is 66.5 Å². The van der Waals surface area contributed by atoms with Crippen molar-refractivity contribution in [1.82, 2.24) is 10.6 Å². The number of carboxylic acids is 1. The summed E-state index contributed by atoms with van der Waals surface area (Å²) in [6, 6.07) is 11.6. The Balaban J connectivity index is 1.38. The highest BCUT2D eigenvalue weighted by Crippen LogP contribution is 2.28. The maximum atomic E-state index is 12.4. The van der Waals surface area contributed by atoms with Gasteiger partial charge in [0.05, 0.1) is 23.7 Å². The van der Waals surface area contributed by atoms with Crippen LogP contribution in [-0.4, -0.2) is 62.4 Å². The number of halogens is 1. The van der Waals surface area contributed by atoms with Crippen LogP contribution in [-0.2, 0) is 9.53 Å². The third kappa shape index (κ3) is 8.13. The zero-order chi connectivity index (χ0) is 25.9. The Morgan fingerprint density at radius 1 is 0.917 bits per heavy atom. The van der Waals surface area contributed by atoms with E-state index >= 15 is 0 Å². The van der Waals surface area contributed by atoms with Gasteiger partial charge < -0.3 is 30.0 Å². The zero-order valence-corrected chi connectivity index (χ0v) is 20.9. The summed E-state index contributed by atoms with van der Waals surface area (Å²) in [5.41, 5.74) is 0.858. The molecule has 0 spiro atoms. The molecule has 194 valence electrons. The lowest BCUT2D eigenvalue weighted by atomic mass is 9.87. The molecule has 36 heavy (non-hydrogen) atoms. The molecule has 3 rings (SSSR count). The van der Waals surface area contributed by atoms with E-state index in [1.54, 1.807) is 43.5 Å². The molecule has 10 heteroatoms. The maximum absolute atomic E-state index is 12.4. The van der Waals surface area contributed by atoms with Crippen LogP contribution >= 0.6 is 11.6 Å². The molecule has 1 saturated carbocycles. The molecule has 2 aromatic rings.